The second-order valence-corrected chi connectivity index (χ2v) is 7.23. The maximum atomic E-state index is 5.54. The molecule has 2 aromatic heterocycles. The minimum Gasteiger partial charge on any atom is -0.383 e. The zero-order chi connectivity index (χ0) is 15.5. The van der Waals surface area contributed by atoms with Crippen LogP contribution in [-0.4, -0.2) is 35.3 Å². The monoisotopic (exact) mass is 397 g/mol. The zero-order valence-electron chi connectivity index (χ0n) is 12.0. The van der Waals surface area contributed by atoms with Gasteiger partial charge in [-0.05, 0) is 46.3 Å². The van der Waals surface area contributed by atoms with Gasteiger partial charge in [0.05, 0.1) is 24.4 Å². The molecule has 3 heterocycles. The van der Waals surface area contributed by atoms with Gasteiger partial charge in [-0.1, -0.05) is 6.07 Å². The van der Waals surface area contributed by atoms with E-state index < -0.39 is 0 Å². The molecule has 0 spiro atoms. The highest BCUT2D eigenvalue weighted by Crippen LogP contribution is 2.41. The van der Waals surface area contributed by atoms with Gasteiger partial charge in [-0.3, -0.25) is 4.98 Å². The molecule has 0 aliphatic carbocycles. The summed E-state index contributed by atoms with van der Waals surface area (Å²) >= 11 is 10.8. The lowest BCUT2D eigenvalue weighted by Gasteiger charge is -2.26. The summed E-state index contributed by atoms with van der Waals surface area (Å²) in [4.78, 5) is 7.95. The standard InChI is InChI=1S/C15H16BrN3OS2/c1-20-7-6-19-14(12-8-10(16)9-22-12)13(18-15(19)21)11-4-2-3-5-17-11/h2-5,8-9,13-14H,6-7H2,1H3,(H,18,21)/t13-,14-/m1/s1. The van der Waals surface area contributed by atoms with Gasteiger partial charge in [-0.15, -0.1) is 11.3 Å². The Hall–Kier alpha value is -1.02. The number of methoxy groups -OCH3 is 1. The van der Waals surface area contributed by atoms with E-state index in [1.165, 1.54) is 4.88 Å². The molecule has 1 aliphatic heterocycles. The highest BCUT2D eigenvalue weighted by molar-refractivity contribution is 9.10. The summed E-state index contributed by atoms with van der Waals surface area (Å²) < 4.78 is 6.33. The summed E-state index contributed by atoms with van der Waals surface area (Å²) in [6.07, 6.45) is 1.82. The highest BCUT2D eigenvalue weighted by atomic mass is 79.9. The summed E-state index contributed by atoms with van der Waals surface area (Å²) in [7, 11) is 1.71. The summed E-state index contributed by atoms with van der Waals surface area (Å²) in [5, 5.41) is 6.27. The predicted molar refractivity (Wildman–Crippen MR) is 96.1 cm³/mol. The van der Waals surface area contributed by atoms with Crippen molar-refractivity contribution in [2.45, 2.75) is 12.1 Å². The lowest BCUT2D eigenvalue weighted by atomic mass is 10.0. The van der Waals surface area contributed by atoms with E-state index in [4.69, 9.17) is 17.0 Å². The van der Waals surface area contributed by atoms with Gasteiger partial charge >= 0.3 is 0 Å². The lowest BCUT2D eigenvalue weighted by Crippen LogP contribution is -2.32. The highest BCUT2D eigenvalue weighted by Gasteiger charge is 2.40. The van der Waals surface area contributed by atoms with Gasteiger partial charge in [-0.25, -0.2) is 0 Å². The van der Waals surface area contributed by atoms with Gasteiger partial charge < -0.3 is 15.0 Å². The van der Waals surface area contributed by atoms with E-state index in [1.54, 1.807) is 18.4 Å². The minimum absolute atomic E-state index is 0.0520. The van der Waals surface area contributed by atoms with E-state index in [0.29, 0.717) is 6.61 Å². The molecule has 4 nitrogen and oxygen atoms in total. The van der Waals surface area contributed by atoms with E-state index >= 15 is 0 Å². The van der Waals surface area contributed by atoms with Crippen molar-refractivity contribution < 1.29 is 4.74 Å². The molecular formula is C15H16BrN3OS2. The molecular weight excluding hydrogens is 382 g/mol. The van der Waals surface area contributed by atoms with Gasteiger partial charge in [-0.2, -0.15) is 0 Å². The van der Waals surface area contributed by atoms with Gasteiger partial charge in [0.1, 0.15) is 0 Å². The van der Waals surface area contributed by atoms with Crippen LogP contribution in [0, 0.1) is 0 Å². The lowest BCUT2D eigenvalue weighted by molar-refractivity contribution is 0.164. The van der Waals surface area contributed by atoms with Crippen LogP contribution in [0.25, 0.3) is 0 Å². The van der Waals surface area contributed by atoms with Crippen LogP contribution >= 0.6 is 39.5 Å². The topological polar surface area (TPSA) is 37.4 Å². The van der Waals surface area contributed by atoms with Crippen molar-refractivity contribution in [1.29, 1.82) is 0 Å². The van der Waals surface area contributed by atoms with E-state index in [0.717, 1.165) is 21.8 Å². The number of rotatable bonds is 5. The molecule has 0 saturated carbocycles. The van der Waals surface area contributed by atoms with Crippen LogP contribution in [0.2, 0.25) is 0 Å². The van der Waals surface area contributed by atoms with Crippen molar-refractivity contribution in [2.75, 3.05) is 20.3 Å². The normalized spacial score (nSPS) is 21.2. The molecule has 7 heteroatoms. The third-order valence-electron chi connectivity index (χ3n) is 3.61. The fourth-order valence-corrected chi connectivity index (χ4v) is 4.55. The van der Waals surface area contributed by atoms with Crippen LogP contribution in [-0.2, 0) is 4.74 Å². The van der Waals surface area contributed by atoms with Crippen molar-refractivity contribution in [3.8, 4) is 0 Å². The third-order valence-corrected chi connectivity index (χ3v) is 5.73. The summed E-state index contributed by atoms with van der Waals surface area (Å²) in [5.41, 5.74) is 0.999. The van der Waals surface area contributed by atoms with Crippen LogP contribution in [0.4, 0.5) is 0 Å². The van der Waals surface area contributed by atoms with E-state index in [2.05, 4.69) is 42.6 Å². The van der Waals surface area contributed by atoms with Gasteiger partial charge in [0, 0.05) is 34.6 Å². The number of pyridine rings is 1. The Morgan fingerprint density at radius 2 is 2.36 bits per heavy atom. The number of thiocarbonyl (C=S) groups is 1. The molecule has 1 N–H and O–H groups in total. The fourth-order valence-electron chi connectivity index (χ4n) is 2.63. The largest absolute Gasteiger partial charge is 0.383 e. The summed E-state index contributed by atoms with van der Waals surface area (Å²) in [6.45, 7) is 1.39. The molecule has 0 amide bonds. The molecule has 2 aromatic rings. The minimum atomic E-state index is 0.0520. The summed E-state index contributed by atoms with van der Waals surface area (Å²) in [5.74, 6) is 0. The molecule has 3 rings (SSSR count). The maximum Gasteiger partial charge on any atom is 0.170 e. The van der Waals surface area contributed by atoms with Crippen LogP contribution in [0.3, 0.4) is 0 Å². The molecule has 22 heavy (non-hydrogen) atoms. The van der Waals surface area contributed by atoms with Crippen molar-refractivity contribution >= 4 is 44.6 Å². The first-order valence-electron chi connectivity index (χ1n) is 6.91. The third kappa shape index (κ3) is 3.17. The first-order chi connectivity index (χ1) is 10.7. The molecule has 1 aliphatic rings. The molecule has 0 aromatic carbocycles. The molecule has 0 unspecified atom stereocenters. The number of hydrogen-bond acceptors (Lipinski definition) is 4. The molecule has 0 radical (unpaired) electrons. The van der Waals surface area contributed by atoms with Crippen molar-refractivity contribution in [3.63, 3.8) is 0 Å². The Morgan fingerprint density at radius 1 is 1.50 bits per heavy atom. The van der Waals surface area contributed by atoms with Gasteiger partial charge in [0.2, 0.25) is 0 Å². The van der Waals surface area contributed by atoms with Crippen molar-refractivity contribution in [2.24, 2.45) is 0 Å². The van der Waals surface area contributed by atoms with Crippen molar-refractivity contribution in [1.82, 2.24) is 15.2 Å². The molecule has 116 valence electrons. The maximum absolute atomic E-state index is 5.54. The van der Waals surface area contributed by atoms with Crippen LogP contribution in [0.15, 0.2) is 40.3 Å². The predicted octanol–water partition coefficient (Wildman–Crippen LogP) is 3.52. The summed E-state index contributed by atoms with van der Waals surface area (Å²) in [6, 6.07) is 8.31. The number of hydrogen-bond donors (Lipinski definition) is 1. The van der Waals surface area contributed by atoms with Gasteiger partial charge in [0.25, 0.3) is 0 Å². The van der Waals surface area contributed by atoms with Crippen LogP contribution < -0.4 is 5.32 Å². The molecule has 2 atom stereocenters. The quantitative estimate of drug-likeness (QED) is 0.781. The number of aromatic nitrogens is 1. The molecule has 1 saturated heterocycles. The van der Waals surface area contributed by atoms with Gasteiger partial charge in [0.15, 0.2) is 5.11 Å². The SMILES string of the molecule is COCCN1C(=S)N[C@H](c2ccccn2)[C@H]1c1cc(Br)cs1. The molecule has 1 fully saturated rings. The zero-order valence-corrected chi connectivity index (χ0v) is 15.2. The second-order valence-electron chi connectivity index (χ2n) is 4.98. The number of ether oxygens (including phenoxy) is 1. The first-order valence-corrected chi connectivity index (χ1v) is 8.99. The van der Waals surface area contributed by atoms with Crippen molar-refractivity contribution in [3.05, 3.63) is 50.9 Å². The number of nitrogens with one attached hydrogen (secondary N) is 1. The Bertz CT molecular complexity index is 649. The van der Waals surface area contributed by atoms with Crippen LogP contribution in [0.5, 0.6) is 0 Å². The smallest absolute Gasteiger partial charge is 0.170 e. The second kappa shape index (κ2) is 7.04. The number of nitrogens with zero attached hydrogens (tertiary/aromatic N) is 2. The first kappa shape index (κ1) is 15.9. The Balaban J connectivity index is 1.96. The van der Waals surface area contributed by atoms with E-state index in [-0.39, 0.29) is 12.1 Å². The van der Waals surface area contributed by atoms with Crippen LogP contribution in [0.1, 0.15) is 22.7 Å². The molecule has 0 bridgehead atoms. The Labute approximate surface area is 147 Å². The fraction of sp³-hybridized carbons (Fsp3) is 0.333. The Kier molecular flexibility index (Phi) is 5.07. The average Bonchev–Trinajstić information content (AvgIpc) is 3.09. The number of halogens is 1. The van der Waals surface area contributed by atoms with E-state index in [9.17, 15) is 0 Å². The number of thiophene rings is 1. The Morgan fingerprint density at radius 3 is 3.00 bits per heavy atom. The average molecular weight is 398 g/mol. The van der Waals surface area contributed by atoms with E-state index in [1.807, 2.05) is 24.4 Å².